The van der Waals surface area contributed by atoms with Gasteiger partial charge in [-0.25, -0.2) is 0 Å². The van der Waals surface area contributed by atoms with Crippen LogP contribution in [0.2, 0.25) is 0 Å². The number of rotatable bonds is 7. The summed E-state index contributed by atoms with van der Waals surface area (Å²) in [6.07, 6.45) is 1.80. The second-order valence-corrected chi connectivity index (χ2v) is 8.40. The number of ether oxygens (including phenoxy) is 3. The molecule has 0 aliphatic carbocycles. The van der Waals surface area contributed by atoms with E-state index >= 15 is 0 Å². The number of benzene rings is 2. The number of hydrogen-bond donors (Lipinski definition) is 0. The lowest BCUT2D eigenvalue weighted by Gasteiger charge is -2.08. The van der Waals surface area contributed by atoms with Gasteiger partial charge in [-0.15, -0.1) is 5.10 Å². The Morgan fingerprint density at radius 1 is 1.06 bits per heavy atom. The Kier molecular flexibility index (Phi) is 5.90. The van der Waals surface area contributed by atoms with Gasteiger partial charge >= 0.3 is 0 Å². The minimum atomic E-state index is -0.203. The van der Waals surface area contributed by atoms with Crippen LogP contribution in [0.25, 0.3) is 22.4 Å². The topological polar surface area (TPSA) is 75.0 Å². The summed E-state index contributed by atoms with van der Waals surface area (Å²) in [6.45, 7) is 4.87. The van der Waals surface area contributed by atoms with Gasteiger partial charge in [0.1, 0.15) is 5.75 Å². The van der Waals surface area contributed by atoms with Crippen LogP contribution in [0.5, 0.6) is 17.2 Å². The molecule has 8 heteroatoms. The van der Waals surface area contributed by atoms with Crippen molar-refractivity contribution in [3.8, 4) is 28.6 Å². The lowest BCUT2D eigenvalue weighted by atomic mass is 10.2. The van der Waals surface area contributed by atoms with E-state index < -0.39 is 0 Å². The Balaban J connectivity index is 1.63. The van der Waals surface area contributed by atoms with Gasteiger partial charge in [0.2, 0.25) is 4.96 Å². The molecule has 0 atom stereocenters. The van der Waals surface area contributed by atoms with Crippen LogP contribution in [0.15, 0.2) is 47.3 Å². The second kappa shape index (κ2) is 8.77. The first kappa shape index (κ1) is 20.9. The molecule has 160 valence electrons. The SMILES string of the molecule is COc1ccc(/C=c2\sc3nc(-c4ccc(OCC(C)C)cc4)nn3c2=O)cc1OC. The molecular weight excluding hydrogens is 414 g/mol. The predicted octanol–water partition coefficient (Wildman–Crippen LogP) is 3.42. The molecule has 0 saturated carbocycles. The van der Waals surface area contributed by atoms with E-state index in [1.54, 1.807) is 26.4 Å². The molecule has 0 amide bonds. The number of aromatic nitrogens is 3. The van der Waals surface area contributed by atoms with Crippen LogP contribution in [0.3, 0.4) is 0 Å². The van der Waals surface area contributed by atoms with Crippen molar-refractivity contribution in [3.63, 3.8) is 0 Å². The molecule has 0 spiro atoms. The highest BCUT2D eigenvalue weighted by atomic mass is 32.1. The van der Waals surface area contributed by atoms with Gasteiger partial charge in [-0.1, -0.05) is 31.3 Å². The number of nitrogens with zero attached hydrogens (tertiary/aromatic N) is 3. The maximum Gasteiger partial charge on any atom is 0.291 e. The molecule has 0 fully saturated rings. The average Bonchev–Trinajstić information content (AvgIpc) is 3.32. The monoisotopic (exact) mass is 437 g/mol. The molecule has 2 aromatic carbocycles. The van der Waals surface area contributed by atoms with Crippen molar-refractivity contribution in [1.82, 2.24) is 14.6 Å². The molecule has 7 nitrogen and oxygen atoms in total. The van der Waals surface area contributed by atoms with Crippen LogP contribution in [-0.2, 0) is 0 Å². The minimum absolute atomic E-state index is 0.203. The van der Waals surface area contributed by atoms with Gasteiger partial charge in [0, 0.05) is 5.56 Å². The molecule has 0 aliphatic rings. The van der Waals surface area contributed by atoms with E-state index in [4.69, 9.17) is 14.2 Å². The number of hydrogen-bond acceptors (Lipinski definition) is 7. The normalized spacial score (nSPS) is 12.0. The highest BCUT2D eigenvalue weighted by Gasteiger charge is 2.12. The highest BCUT2D eigenvalue weighted by molar-refractivity contribution is 7.15. The van der Waals surface area contributed by atoms with Crippen LogP contribution in [-0.4, -0.2) is 35.4 Å². The van der Waals surface area contributed by atoms with Gasteiger partial charge in [-0.05, 0) is 54.0 Å². The summed E-state index contributed by atoms with van der Waals surface area (Å²) >= 11 is 1.30. The highest BCUT2D eigenvalue weighted by Crippen LogP contribution is 2.27. The van der Waals surface area contributed by atoms with E-state index in [2.05, 4.69) is 23.9 Å². The molecule has 2 heterocycles. The van der Waals surface area contributed by atoms with E-state index in [0.717, 1.165) is 16.9 Å². The van der Waals surface area contributed by atoms with Gasteiger partial charge in [0.15, 0.2) is 17.3 Å². The van der Waals surface area contributed by atoms with Crippen molar-refractivity contribution >= 4 is 22.4 Å². The number of thiazole rings is 1. The first-order valence-corrected chi connectivity index (χ1v) is 10.7. The molecule has 0 unspecified atom stereocenters. The van der Waals surface area contributed by atoms with Crippen molar-refractivity contribution in [2.24, 2.45) is 5.92 Å². The third-order valence-corrected chi connectivity index (χ3v) is 5.54. The Hall–Kier alpha value is -3.39. The quantitative estimate of drug-likeness (QED) is 0.441. The third kappa shape index (κ3) is 4.39. The number of fused-ring (bicyclic) bond motifs is 1. The summed E-state index contributed by atoms with van der Waals surface area (Å²) in [7, 11) is 3.16. The predicted molar refractivity (Wildman–Crippen MR) is 121 cm³/mol. The minimum Gasteiger partial charge on any atom is -0.493 e. The Morgan fingerprint density at radius 3 is 2.45 bits per heavy atom. The maximum absolute atomic E-state index is 12.8. The van der Waals surface area contributed by atoms with Gasteiger partial charge < -0.3 is 14.2 Å². The summed E-state index contributed by atoms with van der Waals surface area (Å²) in [4.78, 5) is 17.9. The fourth-order valence-corrected chi connectivity index (χ4v) is 3.92. The number of methoxy groups -OCH3 is 2. The lowest BCUT2D eigenvalue weighted by Crippen LogP contribution is -2.23. The molecule has 0 aliphatic heterocycles. The summed E-state index contributed by atoms with van der Waals surface area (Å²) in [5.74, 6) is 3.01. The smallest absolute Gasteiger partial charge is 0.291 e. The molecule has 0 radical (unpaired) electrons. The molecule has 4 rings (SSSR count). The molecule has 0 N–H and O–H groups in total. The third-order valence-electron chi connectivity index (χ3n) is 4.58. The first-order valence-electron chi connectivity index (χ1n) is 9.85. The largest absolute Gasteiger partial charge is 0.493 e. The zero-order chi connectivity index (χ0) is 22.0. The molecular formula is C23H23N3O4S. The Morgan fingerprint density at radius 2 is 1.81 bits per heavy atom. The zero-order valence-electron chi connectivity index (χ0n) is 17.8. The van der Waals surface area contributed by atoms with E-state index in [9.17, 15) is 4.79 Å². The van der Waals surface area contributed by atoms with E-state index in [0.29, 0.717) is 39.3 Å². The van der Waals surface area contributed by atoms with Gasteiger partial charge in [-0.3, -0.25) is 4.79 Å². The van der Waals surface area contributed by atoms with Gasteiger partial charge in [0.05, 0.1) is 25.4 Å². The van der Waals surface area contributed by atoms with E-state index in [1.807, 2.05) is 36.4 Å². The Labute approximate surface area is 183 Å². The summed E-state index contributed by atoms with van der Waals surface area (Å²) in [5.41, 5.74) is 1.46. The van der Waals surface area contributed by atoms with Crippen LogP contribution in [0.1, 0.15) is 19.4 Å². The Bertz CT molecular complexity index is 1310. The van der Waals surface area contributed by atoms with Gasteiger partial charge in [-0.2, -0.15) is 9.50 Å². The van der Waals surface area contributed by atoms with Crippen LogP contribution in [0.4, 0.5) is 0 Å². The average molecular weight is 438 g/mol. The summed E-state index contributed by atoms with van der Waals surface area (Å²) < 4.78 is 18.2. The fourth-order valence-electron chi connectivity index (χ4n) is 3.01. The second-order valence-electron chi connectivity index (χ2n) is 7.39. The first-order chi connectivity index (χ1) is 15.0. The standard InChI is InChI=1S/C23H23N3O4S/c1-14(2)13-30-17-8-6-16(7-9-17)21-24-23-26(25-21)22(27)20(31-23)12-15-5-10-18(28-3)19(11-15)29-4/h5-12,14H,13H2,1-4H3/b20-12-. The molecule has 4 aromatic rings. The molecule has 2 aromatic heterocycles. The van der Waals surface area contributed by atoms with E-state index in [-0.39, 0.29) is 5.56 Å². The summed E-state index contributed by atoms with van der Waals surface area (Å²) in [6, 6.07) is 13.1. The van der Waals surface area contributed by atoms with E-state index in [1.165, 1.54) is 15.9 Å². The van der Waals surface area contributed by atoms with Crippen molar-refractivity contribution in [3.05, 3.63) is 62.9 Å². The fraction of sp³-hybridized carbons (Fsp3) is 0.261. The van der Waals surface area contributed by atoms with Crippen molar-refractivity contribution in [2.45, 2.75) is 13.8 Å². The van der Waals surface area contributed by atoms with Gasteiger partial charge in [0.25, 0.3) is 5.56 Å². The molecule has 0 saturated heterocycles. The molecule has 0 bridgehead atoms. The molecule has 31 heavy (non-hydrogen) atoms. The maximum atomic E-state index is 12.8. The van der Waals surface area contributed by atoms with Crippen molar-refractivity contribution in [1.29, 1.82) is 0 Å². The van der Waals surface area contributed by atoms with Crippen LogP contribution < -0.4 is 24.3 Å². The van der Waals surface area contributed by atoms with Crippen molar-refractivity contribution < 1.29 is 14.2 Å². The van der Waals surface area contributed by atoms with Crippen LogP contribution >= 0.6 is 11.3 Å². The van der Waals surface area contributed by atoms with Crippen molar-refractivity contribution in [2.75, 3.05) is 20.8 Å². The summed E-state index contributed by atoms with van der Waals surface area (Å²) in [5, 5.41) is 4.41. The lowest BCUT2D eigenvalue weighted by molar-refractivity contribution is 0.271. The van der Waals surface area contributed by atoms with Crippen LogP contribution in [0, 0.1) is 5.92 Å². The zero-order valence-corrected chi connectivity index (χ0v) is 18.6.